The number of allylic oxidation sites excluding steroid dienone is 3. The number of benzene rings is 1. The predicted molar refractivity (Wildman–Crippen MR) is 132 cm³/mol. The van der Waals surface area contributed by atoms with E-state index in [1.54, 1.807) is 42.5 Å². The molecular weight excluding hydrogens is 466 g/mol. The Balaban J connectivity index is 1.64. The second-order valence-corrected chi connectivity index (χ2v) is 9.66. The van der Waals surface area contributed by atoms with Crippen LogP contribution in [0.4, 0.5) is 0 Å². The number of thiophene rings is 1. The highest BCUT2D eigenvalue weighted by Gasteiger charge is 2.43. The molecule has 1 aliphatic heterocycles. The number of rotatable bonds is 6. The largest absolute Gasteiger partial charge is 0.464 e. The first-order valence-electron chi connectivity index (χ1n) is 11.4. The van der Waals surface area contributed by atoms with Gasteiger partial charge in [-0.15, -0.1) is 11.3 Å². The zero-order chi connectivity index (χ0) is 24.5. The quantitative estimate of drug-likeness (QED) is 0.403. The number of methoxy groups -OCH3 is 1. The topological polar surface area (TPSA) is 94.8 Å². The van der Waals surface area contributed by atoms with E-state index in [2.05, 4.69) is 5.32 Å². The Morgan fingerprint density at radius 1 is 1.14 bits per heavy atom. The Bertz CT molecular complexity index is 1410. The Hall–Kier alpha value is -3.49. The molecule has 1 aromatic carbocycles. The summed E-state index contributed by atoms with van der Waals surface area (Å²) in [4.78, 5) is 41.6. The molecular formula is C27H25NO6S. The van der Waals surface area contributed by atoms with E-state index in [0.29, 0.717) is 35.1 Å². The summed E-state index contributed by atoms with van der Waals surface area (Å²) in [6.07, 6.45) is 2.29. The zero-order valence-electron chi connectivity index (χ0n) is 19.5. The highest BCUT2D eigenvalue weighted by molar-refractivity contribution is 7.10. The van der Waals surface area contributed by atoms with Gasteiger partial charge in [-0.25, -0.2) is 4.79 Å². The summed E-state index contributed by atoms with van der Waals surface area (Å²) < 4.78 is 16.2. The lowest BCUT2D eigenvalue weighted by Gasteiger charge is -2.36. The fourth-order valence-electron chi connectivity index (χ4n) is 4.93. The number of hydrogen-bond acceptors (Lipinski definition) is 8. The molecule has 2 atom stereocenters. The Morgan fingerprint density at radius 2 is 1.97 bits per heavy atom. The molecule has 0 saturated heterocycles. The number of carbonyl (C=O) groups excluding carboxylic acids is 2. The van der Waals surface area contributed by atoms with Crippen LogP contribution >= 0.6 is 11.3 Å². The van der Waals surface area contributed by atoms with Crippen LogP contribution in [0.3, 0.4) is 0 Å². The number of para-hydroxylation sites is 1. The van der Waals surface area contributed by atoms with E-state index in [0.717, 1.165) is 10.6 Å². The van der Waals surface area contributed by atoms with Crippen molar-refractivity contribution in [2.45, 2.75) is 31.6 Å². The first-order valence-corrected chi connectivity index (χ1v) is 12.3. The van der Waals surface area contributed by atoms with Gasteiger partial charge in [-0.2, -0.15) is 0 Å². The molecule has 180 valence electrons. The highest BCUT2D eigenvalue weighted by atomic mass is 32.1. The molecule has 2 aliphatic rings. The van der Waals surface area contributed by atoms with Crippen LogP contribution in [0.5, 0.6) is 0 Å². The number of ketones is 1. The first-order chi connectivity index (χ1) is 17.0. The van der Waals surface area contributed by atoms with Crippen LogP contribution in [0.15, 0.2) is 79.8 Å². The number of ether oxygens (including phenoxy) is 2. The van der Waals surface area contributed by atoms with Gasteiger partial charge in [0.05, 0.1) is 29.7 Å². The van der Waals surface area contributed by atoms with Crippen LogP contribution in [-0.4, -0.2) is 32.1 Å². The van der Waals surface area contributed by atoms with E-state index in [4.69, 9.17) is 13.9 Å². The van der Waals surface area contributed by atoms with Crippen molar-refractivity contribution in [3.05, 3.63) is 91.2 Å². The monoisotopic (exact) mass is 491 g/mol. The van der Waals surface area contributed by atoms with Crippen LogP contribution in [-0.2, 0) is 19.1 Å². The standard InChI is InChI=1S/C27H25NO6S/c1-15-23(27(31)33-10-9-32-2)24(18-14-34-21-7-4-3-6-17(21)26(18)30)25-19(28-15)12-16(13-20(25)29)22-8-5-11-35-22/h3-8,11,14,16,24,28H,9-10,12-13H2,1-2H3. The van der Waals surface area contributed by atoms with E-state index in [1.165, 1.54) is 13.4 Å². The lowest BCUT2D eigenvalue weighted by atomic mass is 9.73. The van der Waals surface area contributed by atoms with Gasteiger partial charge in [0, 0.05) is 46.9 Å². The van der Waals surface area contributed by atoms with Gasteiger partial charge in [0.15, 0.2) is 11.2 Å². The van der Waals surface area contributed by atoms with Crippen molar-refractivity contribution < 1.29 is 23.5 Å². The van der Waals surface area contributed by atoms with Gasteiger partial charge in [-0.1, -0.05) is 18.2 Å². The molecule has 0 spiro atoms. The first kappa shape index (κ1) is 23.3. The minimum atomic E-state index is -0.876. The van der Waals surface area contributed by atoms with E-state index in [9.17, 15) is 14.4 Å². The molecule has 1 N–H and O–H groups in total. The van der Waals surface area contributed by atoms with Crippen molar-refractivity contribution >= 4 is 34.1 Å². The van der Waals surface area contributed by atoms with Gasteiger partial charge in [0.1, 0.15) is 12.2 Å². The van der Waals surface area contributed by atoms with Crippen LogP contribution in [0.25, 0.3) is 11.0 Å². The molecule has 0 bridgehead atoms. The molecule has 0 radical (unpaired) electrons. The number of carbonyl (C=O) groups is 2. The average Bonchev–Trinajstić information content (AvgIpc) is 3.39. The number of esters is 1. The van der Waals surface area contributed by atoms with Gasteiger partial charge in [0.25, 0.3) is 0 Å². The second kappa shape index (κ2) is 9.64. The second-order valence-electron chi connectivity index (χ2n) is 8.68. The number of fused-ring (bicyclic) bond motifs is 1. The predicted octanol–water partition coefficient (Wildman–Crippen LogP) is 4.41. The van der Waals surface area contributed by atoms with Crippen molar-refractivity contribution in [1.29, 1.82) is 0 Å². The molecule has 35 heavy (non-hydrogen) atoms. The lowest BCUT2D eigenvalue weighted by Crippen LogP contribution is -2.37. The average molecular weight is 492 g/mol. The van der Waals surface area contributed by atoms with Crippen molar-refractivity contribution in [3.8, 4) is 0 Å². The fourth-order valence-corrected chi connectivity index (χ4v) is 5.76. The molecule has 3 aromatic rings. The summed E-state index contributed by atoms with van der Waals surface area (Å²) in [6.45, 7) is 2.07. The maximum absolute atomic E-state index is 13.6. The molecule has 0 amide bonds. The van der Waals surface area contributed by atoms with Crippen LogP contribution in [0.1, 0.15) is 42.0 Å². The van der Waals surface area contributed by atoms with E-state index in [-0.39, 0.29) is 41.5 Å². The van der Waals surface area contributed by atoms with Gasteiger partial charge in [0.2, 0.25) is 0 Å². The molecule has 1 aliphatic carbocycles. The lowest BCUT2D eigenvalue weighted by molar-refractivity contribution is -0.140. The van der Waals surface area contributed by atoms with E-state index >= 15 is 0 Å². The number of hydrogen-bond donors (Lipinski definition) is 1. The normalized spacial score (nSPS) is 20.1. The van der Waals surface area contributed by atoms with Crippen LogP contribution in [0, 0.1) is 0 Å². The molecule has 5 rings (SSSR count). The maximum atomic E-state index is 13.6. The van der Waals surface area contributed by atoms with Gasteiger partial charge >= 0.3 is 5.97 Å². The van der Waals surface area contributed by atoms with Gasteiger partial charge in [-0.05, 0) is 36.9 Å². The highest BCUT2D eigenvalue weighted by Crippen LogP contribution is 2.45. The van der Waals surface area contributed by atoms with Crippen molar-refractivity contribution in [2.24, 2.45) is 0 Å². The van der Waals surface area contributed by atoms with Crippen LogP contribution in [0.2, 0.25) is 0 Å². The molecule has 7 nitrogen and oxygen atoms in total. The zero-order valence-corrected chi connectivity index (χ0v) is 20.3. The summed E-state index contributed by atoms with van der Waals surface area (Å²) in [7, 11) is 1.52. The summed E-state index contributed by atoms with van der Waals surface area (Å²) in [5.74, 6) is -1.52. The minimum absolute atomic E-state index is 0.0467. The third kappa shape index (κ3) is 4.24. The number of Topliss-reactive ketones (excluding diaryl/α,β-unsaturated/α-hetero) is 1. The van der Waals surface area contributed by atoms with E-state index < -0.39 is 11.9 Å². The van der Waals surface area contributed by atoms with Crippen LogP contribution < -0.4 is 10.7 Å². The summed E-state index contributed by atoms with van der Waals surface area (Å²) in [5, 5.41) is 5.70. The number of dihydropyridines is 1. The molecule has 8 heteroatoms. The number of nitrogens with one attached hydrogen (secondary N) is 1. The smallest absolute Gasteiger partial charge is 0.336 e. The Kier molecular flexibility index (Phi) is 6.40. The van der Waals surface area contributed by atoms with Gasteiger partial charge < -0.3 is 19.2 Å². The van der Waals surface area contributed by atoms with Gasteiger partial charge in [-0.3, -0.25) is 9.59 Å². The summed E-state index contributed by atoms with van der Waals surface area (Å²) in [5.41, 5.74) is 2.40. The Morgan fingerprint density at radius 3 is 2.74 bits per heavy atom. The van der Waals surface area contributed by atoms with Crippen molar-refractivity contribution in [3.63, 3.8) is 0 Å². The molecule has 0 fully saturated rings. The maximum Gasteiger partial charge on any atom is 0.336 e. The van der Waals surface area contributed by atoms with Crippen molar-refractivity contribution in [2.75, 3.05) is 20.3 Å². The minimum Gasteiger partial charge on any atom is -0.464 e. The Labute approximate surface area is 206 Å². The molecule has 2 unspecified atom stereocenters. The third-order valence-corrected chi connectivity index (χ3v) is 7.57. The van der Waals surface area contributed by atoms with E-state index in [1.807, 2.05) is 17.5 Å². The SMILES string of the molecule is COCCOC(=O)C1=C(C)NC2=C(C(=O)CC(c3cccs3)C2)C1c1coc2ccccc2c1=O. The molecule has 2 aromatic heterocycles. The third-order valence-electron chi connectivity index (χ3n) is 6.53. The fraction of sp³-hybridized carbons (Fsp3) is 0.296. The summed E-state index contributed by atoms with van der Waals surface area (Å²) in [6, 6.07) is 11.0. The molecule has 3 heterocycles. The van der Waals surface area contributed by atoms with Crippen molar-refractivity contribution in [1.82, 2.24) is 5.32 Å². The molecule has 0 saturated carbocycles. The summed E-state index contributed by atoms with van der Waals surface area (Å²) >= 11 is 1.62.